The highest BCUT2D eigenvalue weighted by Gasteiger charge is 2.11. The molecule has 2 aromatic carbocycles. The maximum atomic E-state index is 11.4. The van der Waals surface area contributed by atoms with Gasteiger partial charge in [0, 0.05) is 10.7 Å². The minimum Gasteiger partial charge on any atom is -0.478 e. The van der Waals surface area contributed by atoms with Crippen LogP contribution in [0.25, 0.3) is 11.6 Å². The molecule has 0 saturated heterocycles. The first-order chi connectivity index (χ1) is 9.08. The molecule has 0 aliphatic rings. The summed E-state index contributed by atoms with van der Waals surface area (Å²) in [6.45, 7) is 0. The third-order valence-electron chi connectivity index (χ3n) is 2.66. The van der Waals surface area contributed by atoms with Gasteiger partial charge in [0.25, 0.3) is 0 Å². The second kappa shape index (κ2) is 5.59. The number of hydrogen-bond donors (Lipinski definition) is 2. The van der Waals surface area contributed by atoms with Crippen molar-refractivity contribution >= 4 is 34.9 Å². The Labute approximate surface area is 115 Å². The lowest BCUT2D eigenvalue weighted by Crippen LogP contribution is -2.00. The average molecular weight is 274 g/mol. The number of carbonyl (C=O) groups is 1. The van der Waals surface area contributed by atoms with Gasteiger partial charge >= 0.3 is 5.97 Å². The Bertz CT molecular complexity index is 633. The van der Waals surface area contributed by atoms with Gasteiger partial charge in [0.1, 0.15) is 0 Å². The van der Waals surface area contributed by atoms with Crippen molar-refractivity contribution in [3.05, 3.63) is 64.7 Å². The highest BCUT2D eigenvalue weighted by atomic mass is 35.5. The Morgan fingerprint density at radius 3 is 2.32 bits per heavy atom. The summed E-state index contributed by atoms with van der Waals surface area (Å²) in [5.74, 6) is -1.01. The number of halogens is 1. The predicted octanol–water partition coefficient (Wildman–Crippen LogP) is 3.55. The van der Waals surface area contributed by atoms with Crippen LogP contribution in [0.2, 0.25) is 5.02 Å². The lowest BCUT2D eigenvalue weighted by Gasteiger charge is -2.05. The van der Waals surface area contributed by atoms with Gasteiger partial charge in [-0.25, -0.2) is 4.79 Å². The van der Waals surface area contributed by atoms with E-state index in [-0.39, 0.29) is 5.57 Å². The van der Waals surface area contributed by atoms with E-state index in [1.54, 1.807) is 54.6 Å². The molecular weight excluding hydrogens is 262 g/mol. The predicted molar refractivity (Wildman–Crippen MR) is 77.8 cm³/mol. The highest BCUT2D eigenvalue weighted by molar-refractivity contribution is 6.33. The number of benzene rings is 2. The van der Waals surface area contributed by atoms with E-state index < -0.39 is 5.97 Å². The number of rotatable bonds is 3. The van der Waals surface area contributed by atoms with E-state index >= 15 is 0 Å². The van der Waals surface area contributed by atoms with Gasteiger partial charge in [-0.1, -0.05) is 41.9 Å². The lowest BCUT2D eigenvalue weighted by molar-refractivity contribution is -0.130. The molecule has 19 heavy (non-hydrogen) atoms. The fourth-order valence-electron chi connectivity index (χ4n) is 1.68. The number of nitrogen functional groups attached to an aromatic ring is 1. The third-order valence-corrected chi connectivity index (χ3v) is 3.00. The number of carboxylic acids is 1. The van der Waals surface area contributed by atoms with Gasteiger partial charge in [-0.05, 0) is 35.4 Å². The Balaban J connectivity index is 2.50. The molecule has 0 aromatic heterocycles. The summed E-state index contributed by atoms with van der Waals surface area (Å²) in [5, 5.41) is 9.82. The molecule has 3 nitrogen and oxygen atoms in total. The first-order valence-electron chi connectivity index (χ1n) is 5.63. The molecule has 3 N–H and O–H groups in total. The second-order valence-corrected chi connectivity index (χ2v) is 4.41. The molecule has 96 valence electrons. The monoisotopic (exact) mass is 273 g/mol. The number of hydrogen-bond acceptors (Lipinski definition) is 2. The normalized spacial score (nSPS) is 11.3. The molecule has 2 aromatic rings. The van der Waals surface area contributed by atoms with Crippen LogP contribution in [0.5, 0.6) is 0 Å². The molecule has 2 rings (SSSR count). The summed E-state index contributed by atoms with van der Waals surface area (Å²) in [5.41, 5.74) is 7.60. The summed E-state index contributed by atoms with van der Waals surface area (Å²) in [6.07, 6.45) is 1.55. The Morgan fingerprint density at radius 1 is 1.11 bits per heavy atom. The van der Waals surface area contributed by atoms with Crippen molar-refractivity contribution in [3.8, 4) is 0 Å². The molecule has 0 saturated carbocycles. The Morgan fingerprint density at radius 2 is 1.74 bits per heavy atom. The van der Waals surface area contributed by atoms with Crippen molar-refractivity contribution in [2.45, 2.75) is 0 Å². The van der Waals surface area contributed by atoms with E-state index in [9.17, 15) is 9.90 Å². The second-order valence-electron chi connectivity index (χ2n) is 4.01. The summed E-state index contributed by atoms with van der Waals surface area (Å²) >= 11 is 6.03. The lowest BCUT2D eigenvalue weighted by atomic mass is 10.0. The van der Waals surface area contributed by atoms with E-state index in [4.69, 9.17) is 17.3 Å². The largest absolute Gasteiger partial charge is 0.478 e. The molecule has 0 heterocycles. The van der Waals surface area contributed by atoms with Gasteiger partial charge in [0.15, 0.2) is 0 Å². The molecule has 0 radical (unpaired) electrons. The summed E-state index contributed by atoms with van der Waals surface area (Å²) in [4.78, 5) is 11.4. The Hall–Kier alpha value is -2.26. The van der Waals surface area contributed by atoms with Gasteiger partial charge < -0.3 is 10.8 Å². The van der Waals surface area contributed by atoms with Gasteiger partial charge in [-0.15, -0.1) is 0 Å². The van der Waals surface area contributed by atoms with Crippen LogP contribution >= 0.6 is 11.6 Å². The van der Waals surface area contributed by atoms with Crippen LogP contribution in [0, 0.1) is 0 Å². The van der Waals surface area contributed by atoms with E-state index in [1.165, 1.54) is 0 Å². The van der Waals surface area contributed by atoms with Gasteiger partial charge in [0.05, 0.1) is 5.57 Å². The van der Waals surface area contributed by atoms with Crippen molar-refractivity contribution in [1.29, 1.82) is 0 Å². The van der Waals surface area contributed by atoms with Crippen LogP contribution in [-0.4, -0.2) is 11.1 Å². The average Bonchev–Trinajstić information content (AvgIpc) is 2.39. The number of nitrogens with two attached hydrogens (primary N) is 1. The molecule has 0 aliphatic carbocycles. The SMILES string of the molecule is Nc1ccc(/C(=C/c2ccccc2Cl)C(=O)O)cc1. The van der Waals surface area contributed by atoms with Crippen molar-refractivity contribution < 1.29 is 9.90 Å². The van der Waals surface area contributed by atoms with E-state index in [1.807, 2.05) is 0 Å². The molecule has 0 bridgehead atoms. The van der Waals surface area contributed by atoms with Crippen molar-refractivity contribution in [1.82, 2.24) is 0 Å². The fraction of sp³-hybridized carbons (Fsp3) is 0. The fourth-order valence-corrected chi connectivity index (χ4v) is 1.87. The van der Waals surface area contributed by atoms with Crippen LogP contribution in [-0.2, 0) is 4.79 Å². The first-order valence-corrected chi connectivity index (χ1v) is 6.01. The van der Waals surface area contributed by atoms with E-state index in [0.717, 1.165) is 0 Å². The zero-order valence-corrected chi connectivity index (χ0v) is 10.8. The molecular formula is C15H12ClNO2. The first kappa shape index (κ1) is 13.2. The molecule has 0 atom stereocenters. The highest BCUT2D eigenvalue weighted by Crippen LogP contribution is 2.23. The zero-order chi connectivity index (χ0) is 13.8. The smallest absolute Gasteiger partial charge is 0.336 e. The maximum Gasteiger partial charge on any atom is 0.336 e. The summed E-state index contributed by atoms with van der Waals surface area (Å²) < 4.78 is 0. The minimum atomic E-state index is -1.01. The van der Waals surface area contributed by atoms with Crippen LogP contribution < -0.4 is 5.73 Å². The number of anilines is 1. The molecule has 0 unspecified atom stereocenters. The molecule has 4 heteroatoms. The topological polar surface area (TPSA) is 63.3 Å². The minimum absolute atomic E-state index is 0.174. The maximum absolute atomic E-state index is 11.4. The van der Waals surface area contributed by atoms with Gasteiger partial charge in [-0.2, -0.15) is 0 Å². The van der Waals surface area contributed by atoms with E-state index in [0.29, 0.717) is 21.8 Å². The third kappa shape index (κ3) is 3.14. The standard InChI is InChI=1S/C15H12ClNO2/c16-14-4-2-1-3-11(14)9-13(15(18)19)10-5-7-12(17)8-6-10/h1-9H,17H2,(H,18,19)/b13-9-. The van der Waals surface area contributed by atoms with Crippen LogP contribution in [0.3, 0.4) is 0 Å². The summed E-state index contributed by atoms with van der Waals surface area (Å²) in [7, 11) is 0. The van der Waals surface area contributed by atoms with Crippen LogP contribution in [0.4, 0.5) is 5.69 Å². The zero-order valence-electron chi connectivity index (χ0n) is 10.0. The van der Waals surface area contributed by atoms with Crippen LogP contribution in [0.15, 0.2) is 48.5 Å². The quantitative estimate of drug-likeness (QED) is 0.511. The van der Waals surface area contributed by atoms with Crippen LogP contribution in [0.1, 0.15) is 11.1 Å². The van der Waals surface area contributed by atoms with Gasteiger partial charge in [-0.3, -0.25) is 0 Å². The number of carboxylic acid groups (broad SMARTS) is 1. The van der Waals surface area contributed by atoms with Crippen molar-refractivity contribution in [2.24, 2.45) is 0 Å². The number of aliphatic carboxylic acids is 1. The molecule has 0 fully saturated rings. The van der Waals surface area contributed by atoms with Crippen molar-refractivity contribution in [3.63, 3.8) is 0 Å². The molecule has 0 amide bonds. The molecule has 0 aliphatic heterocycles. The molecule has 0 spiro atoms. The van der Waals surface area contributed by atoms with E-state index in [2.05, 4.69) is 0 Å². The summed E-state index contributed by atoms with van der Waals surface area (Å²) in [6, 6.07) is 13.8. The van der Waals surface area contributed by atoms with Gasteiger partial charge in [0.2, 0.25) is 0 Å². The van der Waals surface area contributed by atoms with Crippen molar-refractivity contribution in [2.75, 3.05) is 5.73 Å². The Kier molecular flexibility index (Phi) is 3.88.